The SMILES string of the molecule is Cc1ccc(C)c(C(NC(C)C)c2ccccc2)c1. The lowest BCUT2D eigenvalue weighted by atomic mass is 9.93. The van der Waals surface area contributed by atoms with Crippen molar-refractivity contribution in [3.05, 3.63) is 70.8 Å². The van der Waals surface area contributed by atoms with Gasteiger partial charge in [-0.3, -0.25) is 0 Å². The summed E-state index contributed by atoms with van der Waals surface area (Å²) < 4.78 is 0. The molecular weight excluding hydrogens is 230 g/mol. The van der Waals surface area contributed by atoms with Gasteiger partial charge in [-0.05, 0) is 44.4 Å². The average Bonchev–Trinajstić information content (AvgIpc) is 2.40. The Kier molecular flexibility index (Phi) is 4.39. The summed E-state index contributed by atoms with van der Waals surface area (Å²) in [5.41, 5.74) is 5.35. The molecule has 0 saturated heterocycles. The van der Waals surface area contributed by atoms with Gasteiger partial charge in [-0.15, -0.1) is 0 Å². The molecule has 0 spiro atoms. The predicted molar refractivity (Wildman–Crippen MR) is 82.5 cm³/mol. The highest BCUT2D eigenvalue weighted by Gasteiger charge is 2.16. The molecule has 0 aliphatic rings. The summed E-state index contributed by atoms with van der Waals surface area (Å²) in [6, 6.07) is 18.1. The molecule has 1 N–H and O–H groups in total. The Balaban J connectivity index is 2.46. The highest BCUT2D eigenvalue weighted by atomic mass is 14.9. The minimum absolute atomic E-state index is 0.265. The molecule has 2 aromatic carbocycles. The molecule has 0 aliphatic carbocycles. The van der Waals surface area contributed by atoms with E-state index in [4.69, 9.17) is 0 Å². The van der Waals surface area contributed by atoms with Gasteiger partial charge in [0.1, 0.15) is 0 Å². The van der Waals surface area contributed by atoms with Crippen molar-refractivity contribution in [3.63, 3.8) is 0 Å². The minimum atomic E-state index is 0.265. The molecule has 0 fully saturated rings. The van der Waals surface area contributed by atoms with Crippen molar-refractivity contribution in [1.29, 1.82) is 0 Å². The van der Waals surface area contributed by atoms with Crippen LogP contribution < -0.4 is 5.32 Å². The zero-order valence-corrected chi connectivity index (χ0v) is 12.3. The summed E-state index contributed by atoms with van der Waals surface area (Å²) >= 11 is 0. The summed E-state index contributed by atoms with van der Waals surface area (Å²) in [4.78, 5) is 0. The van der Waals surface area contributed by atoms with Crippen molar-refractivity contribution < 1.29 is 0 Å². The molecule has 0 aliphatic heterocycles. The van der Waals surface area contributed by atoms with Crippen molar-refractivity contribution in [3.8, 4) is 0 Å². The molecule has 0 radical (unpaired) electrons. The van der Waals surface area contributed by atoms with Gasteiger partial charge in [0.25, 0.3) is 0 Å². The zero-order valence-electron chi connectivity index (χ0n) is 12.3. The molecular formula is C18H23N. The minimum Gasteiger partial charge on any atom is -0.304 e. The van der Waals surface area contributed by atoms with Crippen LogP contribution in [-0.2, 0) is 0 Å². The van der Waals surface area contributed by atoms with E-state index in [1.165, 1.54) is 22.3 Å². The Morgan fingerprint density at radius 3 is 2.21 bits per heavy atom. The van der Waals surface area contributed by atoms with Gasteiger partial charge >= 0.3 is 0 Å². The summed E-state index contributed by atoms with van der Waals surface area (Å²) in [6.45, 7) is 8.73. The number of aryl methyl sites for hydroxylation is 2. The first-order valence-electron chi connectivity index (χ1n) is 6.96. The Labute approximate surface area is 116 Å². The van der Waals surface area contributed by atoms with Crippen molar-refractivity contribution in [2.75, 3.05) is 0 Å². The number of hydrogen-bond donors (Lipinski definition) is 1. The maximum atomic E-state index is 3.68. The summed E-state index contributed by atoms with van der Waals surface area (Å²) in [5, 5.41) is 3.68. The second kappa shape index (κ2) is 6.03. The van der Waals surface area contributed by atoms with E-state index in [1.54, 1.807) is 0 Å². The maximum absolute atomic E-state index is 3.68. The fourth-order valence-corrected chi connectivity index (χ4v) is 2.42. The molecule has 1 unspecified atom stereocenters. The molecule has 1 nitrogen and oxygen atoms in total. The molecule has 19 heavy (non-hydrogen) atoms. The highest BCUT2D eigenvalue weighted by molar-refractivity contribution is 5.39. The van der Waals surface area contributed by atoms with Crippen molar-refractivity contribution in [2.24, 2.45) is 0 Å². The maximum Gasteiger partial charge on any atom is 0.0581 e. The molecule has 100 valence electrons. The largest absolute Gasteiger partial charge is 0.304 e. The van der Waals surface area contributed by atoms with Crippen LogP contribution in [0.5, 0.6) is 0 Å². The normalized spacial score (nSPS) is 12.7. The summed E-state index contributed by atoms with van der Waals surface area (Å²) in [5.74, 6) is 0. The average molecular weight is 253 g/mol. The van der Waals surface area contributed by atoms with Crippen LogP contribution in [0.3, 0.4) is 0 Å². The lowest BCUT2D eigenvalue weighted by Crippen LogP contribution is -2.29. The van der Waals surface area contributed by atoms with Gasteiger partial charge in [0.15, 0.2) is 0 Å². The molecule has 0 aromatic heterocycles. The molecule has 2 rings (SSSR count). The van der Waals surface area contributed by atoms with Crippen molar-refractivity contribution in [2.45, 2.75) is 39.8 Å². The lowest BCUT2D eigenvalue weighted by molar-refractivity contribution is 0.527. The van der Waals surface area contributed by atoms with Gasteiger partial charge in [0.05, 0.1) is 6.04 Å². The van der Waals surface area contributed by atoms with E-state index in [0.717, 1.165) is 0 Å². The Morgan fingerprint density at radius 2 is 1.58 bits per heavy atom. The summed E-state index contributed by atoms with van der Waals surface area (Å²) in [7, 11) is 0. The number of benzene rings is 2. The molecule has 1 atom stereocenters. The van der Waals surface area contributed by atoms with Gasteiger partial charge in [-0.25, -0.2) is 0 Å². The standard InChI is InChI=1S/C18H23N/c1-13(2)19-18(16-8-6-5-7-9-16)17-12-14(3)10-11-15(17)4/h5-13,18-19H,1-4H3. The molecule has 0 heterocycles. The van der Waals surface area contributed by atoms with Gasteiger partial charge in [0.2, 0.25) is 0 Å². The van der Waals surface area contributed by atoms with Crippen LogP contribution in [0.2, 0.25) is 0 Å². The smallest absolute Gasteiger partial charge is 0.0581 e. The third-order valence-electron chi connectivity index (χ3n) is 3.38. The molecule has 0 saturated carbocycles. The van der Waals surface area contributed by atoms with E-state index >= 15 is 0 Å². The fourth-order valence-electron chi connectivity index (χ4n) is 2.42. The Hall–Kier alpha value is -1.60. The first-order chi connectivity index (χ1) is 9.08. The first kappa shape index (κ1) is 13.8. The number of nitrogens with one attached hydrogen (secondary N) is 1. The third kappa shape index (κ3) is 3.45. The molecule has 1 heteroatoms. The van der Waals surface area contributed by atoms with Gasteiger partial charge in [-0.2, -0.15) is 0 Å². The van der Waals surface area contributed by atoms with E-state index in [2.05, 4.69) is 81.5 Å². The third-order valence-corrected chi connectivity index (χ3v) is 3.38. The zero-order chi connectivity index (χ0) is 13.8. The Morgan fingerprint density at radius 1 is 0.895 bits per heavy atom. The van der Waals surface area contributed by atoms with Crippen LogP contribution in [-0.4, -0.2) is 6.04 Å². The molecule has 0 bridgehead atoms. The van der Waals surface area contributed by atoms with Crippen LogP contribution >= 0.6 is 0 Å². The van der Waals surface area contributed by atoms with E-state index in [-0.39, 0.29) is 6.04 Å². The van der Waals surface area contributed by atoms with Crippen molar-refractivity contribution >= 4 is 0 Å². The highest BCUT2D eigenvalue weighted by Crippen LogP contribution is 2.26. The number of hydrogen-bond acceptors (Lipinski definition) is 1. The van der Waals surface area contributed by atoms with E-state index in [9.17, 15) is 0 Å². The Bertz CT molecular complexity index is 529. The van der Waals surface area contributed by atoms with Crippen LogP contribution in [0.1, 0.15) is 42.1 Å². The quantitative estimate of drug-likeness (QED) is 0.852. The van der Waals surface area contributed by atoms with Crippen LogP contribution in [0.25, 0.3) is 0 Å². The van der Waals surface area contributed by atoms with Crippen molar-refractivity contribution in [1.82, 2.24) is 5.32 Å². The topological polar surface area (TPSA) is 12.0 Å². The first-order valence-corrected chi connectivity index (χ1v) is 6.96. The summed E-state index contributed by atoms with van der Waals surface area (Å²) in [6.07, 6.45) is 0. The monoisotopic (exact) mass is 253 g/mol. The lowest BCUT2D eigenvalue weighted by Gasteiger charge is -2.24. The number of rotatable bonds is 4. The van der Waals surface area contributed by atoms with Crippen LogP contribution in [0.15, 0.2) is 48.5 Å². The fraction of sp³-hybridized carbons (Fsp3) is 0.333. The second-order valence-corrected chi connectivity index (χ2v) is 5.53. The van der Waals surface area contributed by atoms with Crippen LogP contribution in [0.4, 0.5) is 0 Å². The second-order valence-electron chi connectivity index (χ2n) is 5.53. The molecule has 0 amide bonds. The molecule has 2 aromatic rings. The van der Waals surface area contributed by atoms with Gasteiger partial charge in [-0.1, -0.05) is 54.1 Å². The van der Waals surface area contributed by atoms with E-state index in [0.29, 0.717) is 6.04 Å². The predicted octanol–water partition coefficient (Wildman–Crippen LogP) is 4.39. The van der Waals surface area contributed by atoms with E-state index in [1.807, 2.05) is 0 Å². The van der Waals surface area contributed by atoms with Crippen LogP contribution in [0, 0.1) is 13.8 Å². The van der Waals surface area contributed by atoms with E-state index < -0.39 is 0 Å². The van der Waals surface area contributed by atoms with Gasteiger partial charge < -0.3 is 5.32 Å². The van der Waals surface area contributed by atoms with Gasteiger partial charge in [0, 0.05) is 6.04 Å².